The number of nitro groups is 1. The molecule has 1 unspecified atom stereocenters. The van der Waals surface area contributed by atoms with Gasteiger partial charge in [0.05, 0.1) is 4.92 Å². The van der Waals surface area contributed by atoms with Gasteiger partial charge in [0.2, 0.25) is 0 Å². The van der Waals surface area contributed by atoms with Crippen molar-refractivity contribution in [2.75, 3.05) is 12.4 Å². The summed E-state index contributed by atoms with van der Waals surface area (Å²) in [5.41, 5.74) is 0.953. The molecule has 5 nitrogen and oxygen atoms in total. The number of benzene rings is 1. The minimum absolute atomic E-state index is 0.0255. The standard InChI is InChI=1S/C14H19ClN2O3/c1-10(9-15)4-3-7-16-14(18)12-5-6-13(17(19)20)11(2)8-12/h5-6,8,10H,3-4,7,9H2,1-2H3,(H,16,18). The smallest absolute Gasteiger partial charge is 0.272 e. The van der Waals surface area contributed by atoms with Gasteiger partial charge in [0.15, 0.2) is 0 Å². The number of amides is 1. The van der Waals surface area contributed by atoms with E-state index in [4.69, 9.17) is 11.6 Å². The van der Waals surface area contributed by atoms with Gasteiger partial charge in [-0.3, -0.25) is 14.9 Å². The van der Waals surface area contributed by atoms with Crippen LogP contribution in [0.1, 0.15) is 35.7 Å². The molecule has 0 aliphatic heterocycles. The molecule has 1 atom stereocenters. The second-order valence-corrected chi connectivity index (χ2v) is 5.22. The first kappa shape index (κ1) is 16.4. The molecule has 20 heavy (non-hydrogen) atoms. The molecule has 0 spiro atoms. The third-order valence-corrected chi connectivity index (χ3v) is 3.61. The molecular formula is C14H19ClN2O3. The van der Waals surface area contributed by atoms with Crippen LogP contribution < -0.4 is 5.32 Å². The van der Waals surface area contributed by atoms with Gasteiger partial charge in [0, 0.05) is 29.6 Å². The fourth-order valence-corrected chi connectivity index (χ4v) is 1.99. The van der Waals surface area contributed by atoms with Crippen LogP contribution in [0.15, 0.2) is 18.2 Å². The largest absolute Gasteiger partial charge is 0.352 e. The highest BCUT2D eigenvalue weighted by Crippen LogP contribution is 2.18. The van der Waals surface area contributed by atoms with Crippen LogP contribution in [0.25, 0.3) is 0 Å². The molecule has 1 N–H and O–H groups in total. The van der Waals surface area contributed by atoms with Gasteiger partial charge in [-0.1, -0.05) is 6.92 Å². The summed E-state index contributed by atoms with van der Waals surface area (Å²) >= 11 is 5.70. The highest BCUT2D eigenvalue weighted by molar-refractivity contribution is 6.18. The molecule has 0 fully saturated rings. The summed E-state index contributed by atoms with van der Waals surface area (Å²) < 4.78 is 0. The van der Waals surface area contributed by atoms with Crippen LogP contribution in [-0.4, -0.2) is 23.3 Å². The zero-order chi connectivity index (χ0) is 15.1. The molecule has 0 heterocycles. The van der Waals surface area contributed by atoms with Gasteiger partial charge in [-0.2, -0.15) is 0 Å². The van der Waals surface area contributed by atoms with E-state index in [0.717, 1.165) is 12.8 Å². The summed E-state index contributed by atoms with van der Waals surface area (Å²) in [6.07, 6.45) is 1.83. The van der Waals surface area contributed by atoms with Crippen molar-refractivity contribution in [3.05, 3.63) is 39.4 Å². The maximum Gasteiger partial charge on any atom is 0.272 e. The first-order valence-electron chi connectivity index (χ1n) is 6.55. The number of alkyl halides is 1. The first-order chi connectivity index (χ1) is 9.45. The van der Waals surface area contributed by atoms with Crippen molar-refractivity contribution < 1.29 is 9.72 Å². The average molecular weight is 299 g/mol. The van der Waals surface area contributed by atoms with E-state index < -0.39 is 4.92 Å². The van der Waals surface area contributed by atoms with Crippen molar-refractivity contribution in [1.82, 2.24) is 5.32 Å². The lowest BCUT2D eigenvalue weighted by Gasteiger charge is -2.08. The number of nitro benzene ring substituents is 1. The monoisotopic (exact) mass is 298 g/mol. The van der Waals surface area contributed by atoms with Crippen LogP contribution in [0.5, 0.6) is 0 Å². The van der Waals surface area contributed by atoms with E-state index in [1.807, 2.05) is 0 Å². The Morgan fingerprint density at radius 1 is 1.50 bits per heavy atom. The summed E-state index contributed by atoms with van der Waals surface area (Å²) in [5.74, 6) is 0.854. The molecule has 6 heteroatoms. The van der Waals surface area contributed by atoms with Gasteiger partial charge in [-0.05, 0) is 37.8 Å². The van der Waals surface area contributed by atoms with Crippen LogP contribution in [-0.2, 0) is 0 Å². The summed E-state index contributed by atoms with van der Waals surface area (Å²) in [4.78, 5) is 22.1. The number of aryl methyl sites for hydroxylation is 1. The van der Waals surface area contributed by atoms with Gasteiger partial charge < -0.3 is 5.32 Å². The molecule has 0 aliphatic carbocycles. The van der Waals surface area contributed by atoms with Gasteiger partial charge in [-0.25, -0.2) is 0 Å². The minimum Gasteiger partial charge on any atom is -0.352 e. The fraction of sp³-hybridized carbons (Fsp3) is 0.500. The van der Waals surface area contributed by atoms with Crippen LogP contribution in [0.2, 0.25) is 0 Å². The Bertz CT molecular complexity index is 491. The Labute approximate surface area is 123 Å². The molecular weight excluding hydrogens is 280 g/mol. The molecule has 1 aromatic carbocycles. The highest BCUT2D eigenvalue weighted by Gasteiger charge is 2.13. The normalized spacial score (nSPS) is 11.9. The maximum atomic E-state index is 11.9. The molecule has 0 aliphatic rings. The summed E-state index contributed by atoms with van der Waals surface area (Å²) in [6, 6.07) is 4.37. The molecule has 0 radical (unpaired) electrons. The quantitative estimate of drug-likeness (QED) is 0.363. The second kappa shape index (κ2) is 7.85. The van der Waals surface area contributed by atoms with Crippen molar-refractivity contribution in [2.45, 2.75) is 26.7 Å². The third-order valence-electron chi connectivity index (χ3n) is 3.08. The maximum absolute atomic E-state index is 11.9. The van der Waals surface area contributed by atoms with E-state index in [0.29, 0.717) is 29.5 Å². The van der Waals surface area contributed by atoms with Crippen LogP contribution in [0, 0.1) is 23.0 Å². The predicted molar refractivity (Wildman–Crippen MR) is 79.3 cm³/mol. The van der Waals surface area contributed by atoms with Gasteiger partial charge in [-0.15, -0.1) is 11.6 Å². The summed E-state index contributed by atoms with van der Waals surface area (Å²) in [6.45, 7) is 4.27. The average Bonchev–Trinajstić information content (AvgIpc) is 2.42. The Hall–Kier alpha value is -1.62. The number of carbonyl (C=O) groups excluding carboxylic acids is 1. The van der Waals surface area contributed by atoms with Crippen molar-refractivity contribution in [3.63, 3.8) is 0 Å². The summed E-state index contributed by atoms with van der Waals surface area (Å²) in [7, 11) is 0. The topological polar surface area (TPSA) is 72.2 Å². The zero-order valence-corrected chi connectivity index (χ0v) is 12.4. The first-order valence-corrected chi connectivity index (χ1v) is 7.08. The molecule has 1 aromatic rings. The molecule has 0 saturated carbocycles. The van der Waals surface area contributed by atoms with Crippen molar-refractivity contribution in [1.29, 1.82) is 0 Å². The zero-order valence-electron chi connectivity index (χ0n) is 11.7. The number of nitrogens with zero attached hydrogens (tertiary/aromatic N) is 1. The van der Waals surface area contributed by atoms with E-state index in [1.54, 1.807) is 6.92 Å². The van der Waals surface area contributed by atoms with E-state index in [9.17, 15) is 14.9 Å². The highest BCUT2D eigenvalue weighted by atomic mass is 35.5. The van der Waals surface area contributed by atoms with Crippen molar-refractivity contribution in [2.24, 2.45) is 5.92 Å². The number of hydrogen-bond acceptors (Lipinski definition) is 3. The summed E-state index contributed by atoms with van der Waals surface area (Å²) in [5, 5.41) is 13.5. The second-order valence-electron chi connectivity index (χ2n) is 4.92. The number of halogens is 1. The predicted octanol–water partition coefficient (Wildman–Crippen LogP) is 3.29. The van der Waals surface area contributed by atoms with Crippen LogP contribution in [0.4, 0.5) is 5.69 Å². The fourth-order valence-electron chi connectivity index (χ4n) is 1.83. The van der Waals surface area contributed by atoms with E-state index in [-0.39, 0.29) is 11.6 Å². The van der Waals surface area contributed by atoms with E-state index in [2.05, 4.69) is 12.2 Å². The lowest BCUT2D eigenvalue weighted by atomic mass is 10.1. The minimum atomic E-state index is -0.454. The van der Waals surface area contributed by atoms with Crippen molar-refractivity contribution in [3.8, 4) is 0 Å². The van der Waals surface area contributed by atoms with Crippen LogP contribution >= 0.6 is 11.6 Å². The molecule has 1 rings (SSSR count). The molecule has 0 saturated heterocycles. The van der Waals surface area contributed by atoms with Gasteiger partial charge in [0.25, 0.3) is 11.6 Å². The van der Waals surface area contributed by atoms with Gasteiger partial charge >= 0.3 is 0 Å². The number of rotatable bonds is 7. The number of hydrogen-bond donors (Lipinski definition) is 1. The number of nitrogens with one attached hydrogen (secondary N) is 1. The molecule has 0 aromatic heterocycles. The third kappa shape index (κ3) is 4.81. The molecule has 1 amide bonds. The number of carbonyl (C=O) groups is 1. The Morgan fingerprint density at radius 3 is 2.75 bits per heavy atom. The Morgan fingerprint density at radius 2 is 2.20 bits per heavy atom. The Kier molecular flexibility index (Phi) is 6.45. The van der Waals surface area contributed by atoms with Gasteiger partial charge in [0.1, 0.15) is 0 Å². The lowest BCUT2D eigenvalue weighted by Crippen LogP contribution is -2.24. The molecule has 110 valence electrons. The van der Waals surface area contributed by atoms with Crippen LogP contribution in [0.3, 0.4) is 0 Å². The lowest BCUT2D eigenvalue weighted by molar-refractivity contribution is -0.385. The van der Waals surface area contributed by atoms with Crippen molar-refractivity contribution >= 4 is 23.2 Å². The Balaban J connectivity index is 2.52. The molecule has 0 bridgehead atoms. The van der Waals surface area contributed by atoms with E-state index in [1.165, 1.54) is 18.2 Å². The SMILES string of the molecule is Cc1cc(C(=O)NCCCC(C)CCl)ccc1[N+](=O)[O-]. The van der Waals surface area contributed by atoms with E-state index >= 15 is 0 Å².